The second-order valence-electron chi connectivity index (χ2n) is 5.47. The first kappa shape index (κ1) is 18.6. The van der Waals surface area contributed by atoms with Gasteiger partial charge in [-0.3, -0.25) is 14.5 Å². The smallest absolute Gasteiger partial charge is 0.266 e. The summed E-state index contributed by atoms with van der Waals surface area (Å²) in [6.07, 6.45) is 1.74. The van der Waals surface area contributed by atoms with Gasteiger partial charge in [0.2, 0.25) is 0 Å². The molecule has 1 aliphatic heterocycles. The van der Waals surface area contributed by atoms with Crippen LogP contribution in [0.5, 0.6) is 5.75 Å². The molecule has 2 aromatic carbocycles. The molecule has 0 atom stereocenters. The van der Waals surface area contributed by atoms with Crippen molar-refractivity contribution in [2.75, 3.05) is 13.7 Å². The summed E-state index contributed by atoms with van der Waals surface area (Å²) in [5.74, 6) is 0.214. The van der Waals surface area contributed by atoms with Crippen molar-refractivity contribution < 1.29 is 14.3 Å². The number of hydrogen-bond donors (Lipinski definition) is 0. The molecule has 1 amide bonds. The maximum atomic E-state index is 12.6. The van der Waals surface area contributed by atoms with Crippen LogP contribution < -0.4 is 4.74 Å². The number of methoxy groups -OCH3 is 1. The molecule has 0 aliphatic carbocycles. The molecule has 0 bridgehead atoms. The van der Waals surface area contributed by atoms with Crippen molar-refractivity contribution in [2.24, 2.45) is 0 Å². The van der Waals surface area contributed by atoms with Crippen LogP contribution in [0.3, 0.4) is 0 Å². The van der Waals surface area contributed by atoms with Gasteiger partial charge in [0, 0.05) is 10.6 Å². The zero-order chi connectivity index (χ0) is 18.7. The highest BCUT2D eigenvalue weighted by Crippen LogP contribution is 2.32. The van der Waals surface area contributed by atoms with E-state index in [4.69, 9.17) is 28.6 Å². The first-order valence-corrected chi connectivity index (χ1v) is 9.26. The van der Waals surface area contributed by atoms with Crippen molar-refractivity contribution in [2.45, 2.75) is 0 Å². The van der Waals surface area contributed by atoms with Gasteiger partial charge in [0.05, 0.1) is 18.6 Å². The maximum absolute atomic E-state index is 12.6. The average Bonchev–Trinajstić information content (AvgIpc) is 2.91. The highest BCUT2D eigenvalue weighted by atomic mass is 35.5. The van der Waals surface area contributed by atoms with Crippen molar-refractivity contribution >= 4 is 57.7 Å². The molecule has 2 aromatic rings. The Bertz CT molecular complexity index is 892. The van der Waals surface area contributed by atoms with Crippen molar-refractivity contribution in [3.8, 4) is 5.75 Å². The van der Waals surface area contributed by atoms with Gasteiger partial charge in [0.1, 0.15) is 10.1 Å². The van der Waals surface area contributed by atoms with Gasteiger partial charge in [0.25, 0.3) is 5.91 Å². The molecule has 7 heteroatoms. The number of carbonyl (C=O) groups is 2. The molecule has 1 heterocycles. The lowest BCUT2D eigenvalue weighted by Gasteiger charge is -2.13. The van der Waals surface area contributed by atoms with E-state index in [0.29, 0.717) is 25.6 Å². The molecule has 0 spiro atoms. The number of hydrogen-bond acceptors (Lipinski definition) is 5. The van der Waals surface area contributed by atoms with Crippen LogP contribution in [0, 0.1) is 0 Å². The fourth-order valence-corrected chi connectivity index (χ4v) is 3.74. The van der Waals surface area contributed by atoms with Gasteiger partial charge in [0.15, 0.2) is 5.78 Å². The zero-order valence-electron chi connectivity index (χ0n) is 13.8. The van der Waals surface area contributed by atoms with Crippen LogP contribution in [0.2, 0.25) is 5.02 Å². The SMILES string of the molecule is COc1ccc(C(=O)CN2C(=O)/C(=C\c3ccc(Cl)cc3)SC2=S)cc1. The highest BCUT2D eigenvalue weighted by Gasteiger charge is 2.33. The lowest BCUT2D eigenvalue weighted by Crippen LogP contribution is -2.33. The van der Waals surface area contributed by atoms with E-state index in [1.165, 1.54) is 16.7 Å². The minimum atomic E-state index is -0.267. The minimum Gasteiger partial charge on any atom is -0.497 e. The third-order valence-corrected chi connectivity index (χ3v) is 5.38. The van der Waals surface area contributed by atoms with Crippen LogP contribution in [0.25, 0.3) is 6.08 Å². The third kappa shape index (κ3) is 4.15. The second-order valence-corrected chi connectivity index (χ2v) is 7.58. The van der Waals surface area contributed by atoms with Gasteiger partial charge in [-0.2, -0.15) is 0 Å². The quantitative estimate of drug-likeness (QED) is 0.420. The fourth-order valence-electron chi connectivity index (χ4n) is 2.36. The number of ketones is 1. The Morgan fingerprint density at radius 3 is 2.46 bits per heavy atom. The van der Waals surface area contributed by atoms with Gasteiger partial charge in [-0.15, -0.1) is 0 Å². The van der Waals surface area contributed by atoms with E-state index in [1.54, 1.807) is 49.6 Å². The van der Waals surface area contributed by atoms with Crippen molar-refractivity contribution in [1.29, 1.82) is 0 Å². The average molecular weight is 404 g/mol. The topological polar surface area (TPSA) is 46.6 Å². The predicted molar refractivity (Wildman–Crippen MR) is 109 cm³/mol. The van der Waals surface area contributed by atoms with Crippen LogP contribution in [-0.2, 0) is 4.79 Å². The number of benzene rings is 2. The molecule has 0 aromatic heterocycles. The number of thiocarbonyl (C=S) groups is 1. The van der Waals surface area contributed by atoms with Crippen LogP contribution in [0.1, 0.15) is 15.9 Å². The summed E-state index contributed by atoms with van der Waals surface area (Å²) in [6, 6.07) is 13.9. The van der Waals surface area contributed by atoms with Crippen molar-refractivity contribution in [3.63, 3.8) is 0 Å². The van der Waals surface area contributed by atoms with Gasteiger partial charge in [-0.1, -0.05) is 47.7 Å². The lowest BCUT2D eigenvalue weighted by atomic mass is 10.1. The van der Waals surface area contributed by atoms with E-state index in [-0.39, 0.29) is 18.2 Å². The number of halogens is 1. The Labute approximate surface area is 165 Å². The number of nitrogens with zero attached hydrogens (tertiary/aromatic N) is 1. The Hall–Kier alpha value is -2.15. The molecular formula is C19H14ClNO3S2. The van der Waals surface area contributed by atoms with Crippen LogP contribution in [0.4, 0.5) is 0 Å². The molecule has 0 unspecified atom stereocenters. The van der Waals surface area contributed by atoms with Crippen LogP contribution in [-0.4, -0.2) is 34.6 Å². The number of amides is 1. The maximum Gasteiger partial charge on any atom is 0.266 e. The first-order chi connectivity index (χ1) is 12.5. The summed E-state index contributed by atoms with van der Waals surface area (Å²) < 4.78 is 5.45. The Morgan fingerprint density at radius 2 is 1.85 bits per heavy atom. The molecule has 1 aliphatic rings. The molecule has 3 rings (SSSR count). The summed E-state index contributed by atoms with van der Waals surface area (Å²) >= 11 is 12.3. The molecule has 132 valence electrons. The predicted octanol–water partition coefficient (Wildman–Crippen LogP) is 4.43. The first-order valence-electron chi connectivity index (χ1n) is 7.66. The number of ether oxygens (including phenoxy) is 1. The fraction of sp³-hybridized carbons (Fsp3) is 0.105. The van der Waals surface area contributed by atoms with Crippen molar-refractivity contribution in [1.82, 2.24) is 4.90 Å². The van der Waals surface area contributed by atoms with Gasteiger partial charge in [-0.25, -0.2) is 0 Å². The van der Waals surface area contributed by atoms with E-state index >= 15 is 0 Å². The molecule has 26 heavy (non-hydrogen) atoms. The molecule has 0 radical (unpaired) electrons. The second kappa shape index (κ2) is 8.03. The number of thioether (sulfide) groups is 1. The van der Waals surface area contributed by atoms with E-state index in [1.807, 2.05) is 12.1 Å². The molecule has 4 nitrogen and oxygen atoms in total. The minimum absolute atomic E-state index is 0.0883. The summed E-state index contributed by atoms with van der Waals surface area (Å²) in [4.78, 5) is 26.9. The molecule has 0 N–H and O–H groups in total. The summed E-state index contributed by atoms with van der Waals surface area (Å²) in [7, 11) is 1.56. The summed E-state index contributed by atoms with van der Waals surface area (Å²) in [5.41, 5.74) is 1.35. The standard InChI is InChI=1S/C19H14ClNO3S2/c1-24-15-8-4-13(5-9-15)16(22)11-21-18(23)17(26-19(21)25)10-12-2-6-14(20)7-3-12/h2-10H,11H2,1H3/b17-10+. The Kier molecular flexibility index (Phi) is 5.76. The normalized spacial score (nSPS) is 15.6. The monoisotopic (exact) mass is 403 g/mol. The Morgan fingerprint density at radius 1 is 1.19 bits per heavy atom. The van der Waals surface area contributed by atoms with Crippen LogP contribution in [0.15, 0.2) is 53.4 Å². The molecular weight excluding hydrogens is 390 g/mol. The Balaban J connectivity index is 1.74. The third-order valence-electron chi connectivity index (χ3n) is 3.76. The number of carbonyl (C=O) groups excluding carboxylic acids is 2. The van der Waals surface area contributed by atoms with Crippen LogP contribution >= 0.6 is 35.6 Å². The number of Topliss-reactive ketones (excluding diaryl/α,β-unsaturated/α-hetero) is 1. The zero-order valence-corrected chi connectivity index (χ0v) is 16.2. The lowest BCUT2D eigenvalue weighted by molar-refractivity contribution is -0.121. The largest absolute Gasteiger partial charge is 0.497 e. The van der Waals surface area contributed by atoms with E-state index in [0.717, 1.165) is 5.56 Å². The van der Waals surface area contributed by atoms with Gasteiger partial charge in [-0.05, 0) is 48.0 Å². The molecule has 1 fully saturated rings. The number of rotatable bonds is 5. The van der Waals surface area contributed by atoms with Gasteiger partial charge >= 0.3 is 0 Å². The molecule has 0 saturated carbocycles. The van der Waals surface area contributed by atoms with E-state index < -0.39 is 0 Å². The summed E-state index contributed by atoms with van der Waals surface area (Å²) in [6.45, 7) is -0.0883. The van der Waals surface area contributed by atoms with E-state index in [9.17, 15) is 9.59 Å². The van der Waals surface area contributed by atoms with Crippen molar-refractivity contribution in [3.05, 3.63) is 69.6 Å². The summed E-state index contributed by atoms with van der Waals surface area (Å²) in [5, 5.41) is 0.625. The van der Waals surface area contributed by atoms with E-state index in [2.05, 4.69) is 0 Å². The van der Waals surface area contributed by atoms with Gasteiger partial charge < -0.3 is 4.74 Å². The molecule has 1 saturated heterocycles. The highest BCUT2D eigenvalue weighted by molar-refractivity contribution is 8.26.